The molecule has 0 bridgehead atoms. The Morgan fingerprint density at radius 3 is 2.66 bits per heavy atom. The van der Waals surface area contributed by atoms with Crippen LogP contribution in [0.25, 0.3) is 5.78 Å². The lowest BCUT2D eigenvalue weighted by atomic mass is 10.1. The fourth-order valence-electron chi connectivity index (χ4n) is 3.99. The van der Waals surface area contributed by atoms with Crippen LogP contribution in [0.3, 0.4) is 0 Å². The van der Waals surface area contributed by atoms with E-state index in [1.807, 2.05) is 36.1 Å². The van der Waals surface area contributed by atoms with Gasteiger partial charge in [-0.1, -0.05) is 18.2 Å². The van der Waals surface area contributed by atoms with Gasteiger partial charge in [0, 0.05) is 29.5 Å². The average Bonchev–Trinajstić information content (AvgIpc) is 3.21. The van der Waals surface area contributed by atoms with Gasteiger partial charge in [-0.25, -0.2) is 9.50 Å². The minimum absolute atomic E-state index is 0.0177. The van der Waals surface area contributed by atoms with Crippen LogP contribution < -0.4 is 4.90 Å². The first-order valence-electron chi connectivity index (χ1n) is 9.37. The van der Waals surface area contributed by atoms with Crippen LogP contribution in [-0.2, 0) is 23.8 Å². The number of aryl methyl sites for hydroxylation is 2. The summed E-state index contributed by atoms with van der Waals surface area (Å²) in [5, 5.41) is 3.55. The van der Waals surface area contributed by atoms with Gasteiger partial charge in [0.15, 0.2) is 0 Å². The van der Waals surface area contributed by atoms with Gasteiger partial charge in [-0.05, 0) is 50.8 Å². The number of fused-ring (bicyclic) bond motifs is 2. The van der Waals surface area contributed by atoms with Crippen LogP contribution in [0.2, 0.25) is 0 Å². The van der Waals surface area contributed by atoms with Crippen LogP contribution in [-0.4, -0.2) is 31.5 Å². The lowest BCUT2D eigenvalue weighted by Gasteiger charge is -2.23. The smallest absolute Gasteiger partial charge is 0.309 e. The zero-order chi connectivity index (χ0) is 20.9. The number of hydrogen-bond donors (Lipinski definition) is 0. The number of carbonyl (C=O) groups is 1. The zero-order valence-electron chi connectivity index (χ0n) is 16.3. The Balaban J connectivity index is 1.59. The predicted molar refractivity (Wildman–Crippen MR) is 101 cm³/mol. The molecule has 6 nitrogen and oxygen atoms in total. The van der Waals surface area contributed by atoms with Crippen LogP contribution in [0.4, 0.5) is 18.9 Å². The van der Waals surface area contributed by atoms with Crippen LogP contribution in [0.1, 0.15) is 41.7 Å². The molecule has 3 aromatic rings. The van der Waals surface area contributed by atoms with Gasteiger partial charge >= 0.3 is 6.18 Å². The molecule has 0 spiro atoms. The van der Waals surface area contributed by atoms with E-state index in [1.54, 1.807) is 13.8 Å². The molecule has 0 aliphatic carbocycles. The van der Waals surface area contributed by atoms with E-state index in [-0.39, 0.29) is 24.1 Å². The van der Waals surface area contributed by atoms with Gasteiger partial charge in [0.25, 0.3) is 11.6 Å². The van der Waals surface area contributed by atoms with E-state index in [1.165, 1.54) is 0 Å². The average molecular weight is 403 g/mol. The first kappa shape index (κ1) is 19.4. The molecule has 1 aliphatic rings. The minimum atomic E-state index is -4.64. The summed E-state index contributed by atoms with van der Waals surface area (Å²) in [4.78, 5) is 22.4. The lowest BCUT2D eigenvalue weighted by Crippen LogP contribution is -2.35. The molecule has 1 aromatic carbocycles. The summed E-state index contributed by atoms with van der Waals surface area (Å²) in [6, 6.07) is 7.91. The topological polar surface area (TPSA) is 63.4 Å². The summed E-state index contributed by atoms with van der Waals surface area (Å²) in [7, 11) is 0. The molecule has 1 aliphatic heterocycles. The molecule has 1 atom stereocenters. The summed E-state index contributed by atoms with van der Waals surface area (Å²) >= 11 is 0. The van der Waals surface area contributed by atoms with Gasteiger partial charge in [0.1, 0.15) is 0 Å². The Labute approximate surface area is 165 Å². The van der Waals surface area contributed by atoms with Crippen molar-refractivity contribution in [1.29, 1.82) is 0 Å². The van der Waals surface area contributed by atoms with Crippen molar-refractivity contribution in [2.45, 2.75) is 52.3 Å². The number of aromatic nitrogens is 4. The van der Waals surface area contributed by atoms with Gasteiger partial charge in [-0.3, -0.25) is 4.79 Å². The number of amides is 1. The van der Waals surface area contributed by atoms with Gasteiger partial charge in [-0.15, -0.1) is 5.10 Å². The number of rotatable bonds is 3. The monoisotopic (exact) mass is 403 g/mol. The third kappa shape index (κ3) is 3.34. The second-order valence-electron chi connectivity index (χ2n) is 7.35. The highest BCUT2D eigenvalue weighted by Gasteiger charge is 2.37. The molecule has 2 aromatic heterocycles. The Morgan fingerprint density at radius 1 is 1.21 bits per heavy atom. The molecule has 1 amide bonds. The van der Waals surface area contributed by atoms with Crippen molar-refractivity contribution in [2.24, 2.45) is 0 Å². The normalized spacial score (nSPS) is 16.5. The van der Waals surface area contributed by atoms with Gasteiger partial charge in [-0.2, -0.15) is 18.2 Å². The van der Waals surface area contributed by atoms with Crippen LogP contribution in [0.5, 0.6) is 0 Å². The number of nitrogens with zero attached hydrogens (tertiary/aromatic N) is 5. The van der Waals surface area contributed by atoms with E-state index >= 15 is 0 Å². The molecule has 0 saturated carbocycles. The third-order valence-corrected chi connectivity index (χ3v) is 5.37. The van der Waals surface area contributed by atoms with E-state index < -0.39 is 12.0 Å². The number of carbonyl (C=O) groups excluding carboxylic acids is 1. The van der Waals surface area contributed by atoms with Crippen molar-refractivity contribution in [2.75, 3.05) is 4.90 Å². The van der Waals surface area contributed by atoms with Crippen molar-refractivity contribution in [3.8, 4) is 0 Å². The van der Waals surface area contributed by atoms with E-state index in [2.05, 4.69) is 15.1 Å². The van der Waals surface area contributed by atoms with Crippen molar-refractivity contribution < 1.29 is 18.0 Å². The molecular formula is C20H20F3N5O. The Hall–Kier alpha value is -2.97. The first-order chi connectivity index (χ1) is 13.7. The minimum Gasteiger partial charge on any atom is -0.309 e. The quantitative estimate of drug-likeness (QED) is 0.670. The number of anilines is 1. The number of benzene rings is 1. The zero-order valence-corrected chi connectivity index (χ0v) is 16.3. The number of hydrogen-bond acceptors (Lipinski definition) is 4. The van der Waals surface area contributed by atoms with Crippen LogP contribution in [0.15, 0.2) is 24.3 Å². The molecular weight excluding hydrogens is 383 g/mol. The van der Waals surface area contributed by atoms with Gasteiger partial charge in [0.05, 0.1) is 0 Å². The number of halogens is 3. The van der Waals surface area contributed by atoms with Crippen molar-refractivity contribution in [3.05, 3.63) is 52.6 Å². The molecule has 152 valence electrons. The van der Waals surface area contributed by atoms with Crippen LogP contribution >= 0.6 is 0 Å². The molecule has 0 N–H and O–H groups in total. The molecule has 0 radical (unpaired) electrons. The maximum Gasteiger partial charge on any atom is 0.453 e. The fourth-order valence-corrected chi connectivity index (χ4v) is 3.99. The van der Waals surface area contributed by atoms with Crippen molar-refractivity contribution in [3.63, 3.8) is 0 Å². The van der Waals surface area contributed by atoms with E-state index in [0.717, 1.165) is 22.2 Å². The highest BCUT2D eigenvalue weighted by molar-refractivity contribution is 5.96. The van der Waals surface area contributed by atoms with E-state index in [9.17, 15) is 18.0 Å². The maximum atomic E-state index is 12.9. The molecule has 3 heterocycles. The second kappa shape index (κ2) is 6.82. The molecule has 1 unspecified atom stereocenters. The van der Waals surface area contributed by atoms with Gasteiger partial charge in [0.2, 0.25) is 5.91 Å². The summed E-state index contributed by atoms with van der Waals surface area (Å²) in [5.41, 5.74) is 3.85. The van der Waals surface area contributed by atoms with Crippen molar-refractivity contribution >= 4 is 17.4 Å². The first-order valence-corrected chi connectivity index (χ1v) is 9.37. The second-order valence-corrected chi connectivity index (χ2v) is 7.35. The highest BCUT2D eigenvalue weighted by Crippen LogP contribution is 2.33. The van der Waals surface area contributed by atoms with Gasteiger partial charge < -0.3 is 4.90 Å². The maximum absolute atomic E-state index is 12.9. The largest absolute Gasteiger partial charge is 0.453 e. The summed E-state index contributed by atoms with van der Waals surface area (Å²) in [6.45, 7) is 5.39. The standard InChI is InChI=1S/C20H20F3N5O/c1-11-10-14-6-4-5-7-16(14)27(11)17(29)9-8-15-12(2)24-19-25-18(20(21,22)23)26-28(19)13(15)3/h4-7,11H,8-10H2,1-3H3. The Kier molecular flexibility index (Phi) is 4.55. The third-order valence-electron chi connectivity index (χ3n) is 5.37. The predicted octanol–water partition coefficient (Wildman–Crippen LogP) is 3.67. The number of para-hydroxylation sites is 1. The van der Waals surface area contributed by atoms with Crippen LogP contribution in [0, 0.1) is 13.8 Å². The summed E-state index contributed by atoms with van der Waals surface area (Å²) < 4.78 is 39.9. The Morgan fingerprint density at radius 2 is 1.93 bits per heavy atom. The van der Waals surface area contributed by atoms with Crippen molar-refractivity contribution in [1.82, 2.24) is 19.6 Å². The molecule has 9 heteroatoms. The molecule has 0 saturated heterocycles. The van der Waals surface area contributed by atoms with E-state index in [0.29, 0.717) is 23.4 Å². The lowest BCUT2D eigenvalue weighted by molar-refractivity contribution is -0.144. The highest BCUT2D eigenvalue weighted by atomic mass is 19.4. The fraction of sp³-hybridized carbons (Fsp3) is 0.400. The summed E-state index contributed by atoms with van der Waals surface area (Å²) in [6.07, 6.45) is -3.23. The Bertz CT molecular complexity index is 1110. The summed E-state index contributed by atoms with van der Waals surface area (Å²) in [5.74, 6) is -1.33. The van der Waals surface area contributed by atoms with E-state index in [4.69, 9.17) is 0 Å². The number of alkyl halides is 3. The SMILES string of the molecule is Cc1nc2nc(C(F)(F)F)nn2c(C)c1CCC(=O)N1c2ccccc2CC1C. The molecule has 29 heavy (non-hydrogen) atoms. The molecule has 4 rings (SSSR count). The molecule has 0 fully saturated rings.